The van der Waals surface area contributed by atoms with Gasteiger partial charge in [0, 0.05) is 5.57 Å². The molecule has 216 valence electrons. The molecule has 0 aliphatic heterocycles. The molecule has 0 aliphatic rings. The molecule has 10 heteroatoms. The molecule has 0 radical (unpaired) electrons. The molecule has 10 nitrogen and oxygen atoms in total. The Morgan fingerprint density at radius 3 is 1.71 bits per heavy atom. The van der Waals surface area contributed by atoms with Crippen LogP contribution in [0.2, 0.25) is 0 Å². The summed E-state index contributed by atoms with van der Waals surface area (Å²) in [6.45, 7) is 14.0. The zero-order valence-electron chi connectivity index (χ0n) is 23.5. The highest BCUT2D eigenvalue weighted by molar-refractivity contribution is 5.99. The number of esters is 1. The molecule has 6 unspecified atom stereocenters. The van der Waals surface area contributed by atoms with E-state index in [1.54, 1.807) is 6.92 Å². The third-order valence-electron chi connectivity index (χ3n) is 6.55. The second kappa shape index (κ2) is 16.6. The van der Waals surface area contributed by atoms with E-state index in [4.69, 9.17) is 10.2 Å². The number of allylic oxidation sites excluding steroid dienone is 3. The predicted molar refractivity (Wildman–Crippen MR) is 140 cm³/mol. The smallest absolute Gasteiger partial charge is 0.346 e. The van der Waals surface area contributed by atoms with E-state index < -0.39 is 47.8 Å². The number of hydrogen-bond acceptors (Lipinski definition) is 6. The van der Waals surface area contributed by atoms with E-state index in [0.717, 1.165) is 19.3 Å². The van der Waals surface area contributed by atoms with Crippen LogP contribution >= 0.6 is 0 Å². The number of aliphatic carboxylic acids is 4. The summed E-state index contributed by atoms with van der Waals surface area (Å²) in [5.41, 5.74) is 0.570. The summed E-state index contributed by atoms with van der Waals surface area (Å²) in [6, 6.07) is 0. The van der Waals surface area contributed by atoms with Crippen LogP contribution in [0.4, 0.5) is 0 Å². The van der Waals surface area contributed by atoms with Crippen LogP contribution in [-0.4, -0.2) is 56.4 Å². The molecule has 0 fully saturated rings. The van der Waals surface area contributed by atoms with Gasteiger partial charge in [0.2, 0.25) is 12.0 Å². The molecule has 4 N–H and O–H groups in total. The number of ether oxygens (including phenoxy) is 1. The maximum absolute atomic E-state index is 12.4. The molecule has 0 bridgehead atoms. The quantitative estimate of drug-likeness (QED) is 0.0811. The number of hydrogen-bond donors (Lipinski definition) is 4. The largest absolute Gasteiger partial charge is 0.480 e. The van der Waals surface area contributed by atoms with Gasteiger partial charge in [-0.2, -0.15) is 0 Å². The highest BCUT2D eigenvalue weighted by Gasteiger charge is 2.43. The van der Waals surface area contributed by atoms with Gasteiger partial charge < -0.3 is 25.2 Å². The van der Waals surface area contributed by atoms with E-state index in [9.17, 15) is 34.2 Å². The molecule has 0 aromatic heterocycles. The van der Waals surface area contributed by atoms with Crippen LogP contribution in [0.15, 0.2) is 23.3 Å². The Balaban J connectivity index is 5.38. The number of carboxylic acid groups (broad SMARTS) is 4. The minimum Gasteiger partial charge on any atom is -0.480 e. The fourth-order valence-electron chi connectivity index (χ4n) is 4.70. The SMILES string of the molecule is CCC(C)CC(C)CC(C)CC(C)/C=C(C)/C=C(\CC(C)C(=O)OC(C(=O)O)C(C(=O)O)C(=O)O)C(=O)O. The van der Waals surface area contributed by atoms with Crippen molar-refractivity contribution in [2.75, 3.05) is 0 Å². The van der Waals surface area contributed by atoms with Gasteiger partial charge in [-0.1, -0.05) is 59.6 Å². The molecule has 0 rings (SSSR count). The highest BCUT2D eigenvalue weighted by Crippen LogP contribution is 2.26. The Morgan fingerprint density at radius 2 is 1.26 bits per heavy atom. The molecule has 0 aliphatic carbocycles. The first-order valence-corrected chi connectivity index (χ1v) is 13.0. The van der Waals surface area contributed by atoms with E-state index in [0.29, 0.717) is 23.3 Å². The molecule has 0 saturated carbocycles. The van der Waals surface area contributed by atoms with Crippen molar-refractivity contribution in [1.29, 1.82) is 0 Å². The first-order valence-electron chi connectivity index (χ1n) is 13.0. The third-order valence-corrected chi connectivity index (χ3v) is 6.55. The van der Waals surface area contributed by atoms with Crippen molar-refractivity contribution in [3.8, 4) is 0 Å². The number of carbonyl (C=O) groups excluding carboxylic acids is 1. The lowest BCUT2D eigenvalue weighted by Gasteiger charge is -2.21. The van der Waals surface area contributed by atoms with Crippen molar-refractivity contribution in [2.24, 2.45) is 35.5 Å². The van der Waals surface area contributed by atoms with Crippen LogP contribution in [0.25, 0.3) is 0 Å². The summed E-state index contributed by atoms with van der Waals surface area (Å²) in [7, 11) is 0. The number of carbonyl (C=O) groups is 5. The summed E-state index contributed by atoms with van der Waals surface area (Å²) in [5, 5.41) is 36.9. The van der Waals surface area contributed by atoms with Crippen LogP contribution in [0.3, 0.4) is 0 Å². The van der Waals surface area contributed by atoms with E-state index in [1.807, 2.05) is 6.08 Å². The molecule has 0 saturated heterocycles. The molecule has 0 aromatic carbocycles. The van der Waals surface area contributed by atoms with Crippen LogP contribution in [-0.2, 0) is 28.7 Å². The van der Waals surface area contributed by atoms with Crippen molar-refractivity contribution in [3.05, 3.63) is 23.3 Å². The summed E-state index contributed by atoms with van der Waals surface area (Å²) in [6.07, 6.45) is 5.01. The van der Waals surface area contributed by atoms with Gasteiger partial charge in [-0.25, -0.2) is 9.59 Å². The van der Waals surface area contributed by atoms with E-state index >= 15 is 0 Å². The second-order valence-electron chi connectivity index (χ2n) is 10.7. The van der Waals surface area contributed by atoms with E-state index in [2.05, 4.69) is 39.4 Å². The van der Waals surface area contributed by atoms with Gasteiger partial charge >= 0.3 is 29.8 Å². The lowest BCUT2D eigenvalue weighted by Crippen LogP contribution is -2.44. The van der Waals surface area contributed by atoms with Gasteiger partial charge in [0.25, 0.3) is 0 Å². The number of rotatable bonds is 18. The lowest BCUT2D eigenvalue weighted by molar-refractivity contribution is -0.180. The van der Waals surface area contributed by atoms with Crippen molar-refractivity contribution in [2.45, 2.75) is 86.7 Å². The molecule has 0 amide bonds. The van der Waals surface area contributed by atoms with E-state index in [1.165, 1.54) is 19.4 Å². The van der Waals surface area contributed by atoms with Crippen LogP contribution in [0.5, 0.6) is 0 Å². The zero-order valence-corrected chi connectivity index (χ0v) is 23.5. The van der Waals surface area contributed by atoms with Crippen molar-refractivity contribution in [1.82, 2.24) is 0 Å². The fourth-order valence-corrected chi connectivity index (χ4v) is 4.70. The van der Waals surface area contributed by atoms with Gasteiger partial charge in [-0.05, 0) is 62.4 Å². The summed E-state index contributed by atoms with van der Waals surface area (Å²) >= 11 is 0. The van der Waals surface area contributed by atoms with Gasteiger partial charge in [0.05, 0.1) is 5.92 Å². The lowest BCUT2D eigenvalue weighted by atomic mass is 9.84. The third kappa shape index (κ3) is 12.9. The summed E-state index contributed by atoms with van der Waals surface area (Å²) in [5.74, 6) is -10.1. The highest BCUT2D eigenvalue weighted by atomic mass is 16.6. The van der Waals surface area contributed by atoms with E-state index in [-0.39, 0.29) is 17.9 Å². The molecule has 0 spiro atoms. The maximum Gasteiger partial charge on any atom is 0.346 e. The Bertz CT molecular complexity index is 889. The number of carboxylic acids is 4. The fraction of sp³-hybridized carbons (Fsp3) is 0.679. The zero-order chi connectivity index (χ0) is 29.7. The molecule has 38 heavy (non-hydrogen) atoms. The van der Waals surface area contributed by atoms with Crippen LogP contribution in [0.1, 0.15) is 80.6 Å². The topological polar surface area (TPSA) is 176 Å². The van der Waals surface area contributed by atoms with Crippen LogP contribution < -0.4 is 0 Å². The molecular formula is C28H44O10. The van der Waals surface area contributed by atoms with Gasteiger partial charge in [-0.3, -0.25) is 14.4 Å². The standard InChI is InChI=1S/C28H44O10/c1-8-15(2)9-16(3)10-17(4)11-18(5)12-19(6)13-21(24(29)30)14-20(7)28(37)38-23(27(35)36)22(25(31)32)26(33)34/h12-13,15-18,20,22-23H,8-11,14H2,1-7H3,(H,29,30)(H,31,32)(H,33,34)(H,35,36)/b19-12+,21-13+. The van der Waals surface area contributed by atoms with Crippen molar-refractivity contribution >= 4 is 29.8 Å². The van der Waals surface area contributed by atoms with Gasteiger partial charge in [0.15, 0.2) is 0 Å². The summed E-state index contributed by atoms with van der Waals surface area (Å²) in [4.78, 5) is 57.9. The monoisotopic (exact) mass is 540 g/mol. The van der Waals surface area contributed by atoms with Crippen molar-refractivity contribution < 1.29 is 49.1 Å². The Kier molecular flexibility index (Phi) is 15.2. The first-order chi connectivity index (χ1) is 17.5. The van der Waals surface area contributed by atoms with Gasteiger partial charge in [0.1, 0.15) is 0 Å². The Hall–Kier alpha value is -3.17. The normalized spacial score (nSPS) is 17.2. The molecular weight excluding hydrogens is 496 g/mol. The van der Waals surface area contributed by atoms with Crippen LogP contribution in [0, 0.1) is 35.5 Å². The molecule has 6 atom stereocenters. The Labute approximate surface area is 224 Å². The average Bonchev–Trinajstić information content (AvgIpc) is 2.76. The van der Waals surface area contributed by atoms with Crippen molar-refractivity contribution in [3.63, 3.8) is 0 Å². The maximum atomic E-state index is 12.4. The minimum atomic E-state index is -2.51. The first kappa shape index (κ1) is 34.8. The Morgan fingerprint density at radius 1 is 0.763 bits per heavy atom. The predicted octanol–water partition coefficient (Wildman–Crippen LogP) is 4.88. The van der Waals surface area contributed by atoms with Gasteiger partial charge in [-0.15, -0.1) is 0 Å². The average molecular weight is 541 g/mol. The second-order valence-corrected chi connectivity index (χ2v) is 10.7. The minimum absolute atomic E-state index is 0.120. The molecule has 0 heterocycles. The summed E-state index contributed by atoms with van der Waals surface area (Å²) < 4.78 is 4.68. The molecule has 0 aromatic rings.